The molecule has 2 rings (SSSR count). The van der Waals surface area contributed by atoms with Crippen LogP contribution in [-0.4, -0.2) is 29.8 Å². The van der Waals surface area contributed by atoms with E-state index in [1.807, 2.05) is 6.07 Å². The molecule has 1 fully saturated rings. The smallest absolute Gasteiger partial charge is 0.336 e. The van der Waals surface area contributed by atoms with Crippen LogP contribution in [0.4, 0.5) is 5.69 Å². The van der Waals surface area contributed by atoms with Gasteiger partial charge in [-0.15, -0.1) is 6.58 Å². The maximum Gasteiger partial charge on any atom is 0.336 e. The molecule has 0 spiro atoms. The molecule has 0 bridgehead atoms. The molecule has 2 atom stereocenters. The number of carboxylic acids is 1. The Morgan fingerprint density at radius 1 is 1.57 bits per heavy atom. The summed E-state index contributed by atoms with van der Waals surface area (Å²) >= 11 is 0. The Morgan fingerprint density at radius 3 is 3.05 bits per heavy atom. The Hall–Kier alpha value is -1.81. The molecule has 1 saturated heterocycles. The summed E-state index contributed by atoms with van der Waals surface area (Å²) in [6.45, 7) is 6.61. The third-order valence-electron chi connectivity index (χ3n) is 3.94. The number of rotatable bonds is 6. The lowest BCUT2D eigenvalue weighted by Gasteiger charge is -2.31. The van der Waals surface area contributed by atoms with Gasteiger partial charge in [0, 0.05) is 18.3 Å². The van der Waals surface area contributed by atoms with E-state index in [0.717, 1.165) is 37.1 Å². The number of hydrogen-bond acceptors (Lipinski definition) is 3. The molecule has 0 amide bonds. The van der Waals surface area contributed by atoms with Crippen molar-refractivity contribution in [3.8, 4) is 0 Å². The third-order valence-corrected chi connectivity index (χ3v) is 3.94. The summed E-state index contributed by atoms with van der Waals surface area (Å²) in [5.41, 5.74) is 2.05. The fourth-order valence-electron chi connectivity index (χ4n) is 2.80. The topological polar surface area (TPSA) is 58.6 Å². The van der Waals surface area contributed by atoms with Crippen molar-refractivity contribution < 1.29 is 14.6 Å². The first-order valence-electron chi connectivity index (χ1n) is 7.49. The normalized spacial score (nSPS) is 21.8. The lowest BCUT2D eigenvalue weighted by atomic mass is 9.98. The van der Waals surface area contributed by atoms with Gasteiger partial charge in [0.15, 0.2) is 0 Å². The van der Waals surface area contributed by atoms with E-state index in [4.69, 9.17) is 4.74 Å². The molecule has 2 unspecified atom stereocenters. The molecule has 21 heavy (non-hydrogen) atoms. The average Bonchev–Trinajstić information content (AvgIpc) is 2.49. The Kier molecular flexibility index (Phi) is 5.39. The molecule has 0 aromatic heterocycles. The third kappa shape index (κ3) is 3.85. The largest absolute Gasteiger partial charge is 0.478 e. The number of hydrogen-bond donors (Lipinski definition) is 2. The van der Waals surface area contributed by atoms with Gasteiger partial charge in [0.25, 0.3) is 0 Å². The number of aromatic carboxylic acids is 1. The number of nitrogens with one attached hydrogen (secondary N) is 1. The number of carbonyl (C=O) groups is 1. The number of anilines is 1. The number of allylic oxidation sites excluding steroid dienone is 1. The molecule has 1 aliphatic heterocycles. The summed E-state index contributed by atoms with van der Waals surface area (Å²) in [5.74, 6) is -0.895. The lowest BCUT2D eigenvalue weighted by Crippen LogP contribution is -2.34. The number of carboxylic acid groups (broad SMARTS) is 1. The average molecular weight is 289 g/mol. The highest BCUT2D eigenvalue weighted by Crippen LogP contribution is 2.26. The summed E-state index contributed by atoms with van der Waals surface area (Å²) < 4.78 is 5.68. The van der Waals surface area contributed by atoms with Crippen LogP contribution in [0, 0.1) is 0 Å². The first-order valence-corrected chi connectivity index (χ1v) is 7.49. The zero-order valence-electron chi connectivity index (χ0n) is 12.5. The standard InChI is InChI=1S/C17H23NO3/c1-3-6-14-15(17(19)20)7-5-8-16(14)18-12-9-10-21-13(4-2)11-12/h3,5,7-8,12-13,18H,1,4,6,9-11H2,2H3,(H,19,20). The Balaban J connectivity index is 2.20. The van der Waals surface area contributed by atoms with Gasteiger partial charge in [-0.25, -0.2) is 4.79 Å². The van der Waals surface area contributed by atoms with Crippen LogP contribution in [0.5, 0.6) is 0 Å². The van der Waals surface area contributed by atoms with Crippen molar-refractivity contribution in [1.29, 1.82) is 0 Å². The molecule has 1 aliphatic rings. The summed E-state index contributed by atoms with van der Waals surface area (Å²) in [7, 11) is 0. The molecule has 2 N–H and O–H groups in total. The zero-order valence-corrected chi connectivity index (χ0v) is 12.5. The highest BCUT2D eigenvalue weighted by Gasteiger charge is 2.22. The molecule has 4 heteroatoms. The molecule has 0 radical (unpaired) electrons. The van der Waals surface area contributed by atoms with Crippen LogP contribution in [-0.2, 0) is 11.2 Å². The molecular formula is C17H23NO3. The zero-order chi connectivity index (χ0) is 15.2. The van der Waals surface area contributed by atoms with Gasteiger partial charge < -0.3 is 15.2 Å². The molecule has 0 saturated carbocycles. The first-order chi connectivity index (χ1) is 10.2. The quantitative estimate of drug-likeness (QED) is 0.787. The van der Waals surface area contributed by atoms with Gasteiger partial charge in [0.1, 0.15) is 0 Å². The number of ether oxygens (including phenoxy) is 1. The number of benzene rings is 1. The van der Waals surface area contributed by atoms with Crippen molar-refractivity contribution in [2.75, 3.05) is 11.9 Å². The van der Waals surface area contributed by atoms with Crippen LogP contribution in [0.1, 0.15) is 42.1 Å². The van der Waals surface area contributed by atoms with Crippen molar-refractivity contribution in [1.82, 2.24) is 0 Å². The van der Waals surface area contributed by atoms with E-state index in [2.05, 4.69) is 18.8 Å². The fraction of sp³-hybridized carbons (Fsp3) is 0.471. The van der Waals surface area contributed by atoms with Crippen LogP contribution in [0.25, 0.3) is 0 Å². The highest BCUT2D eigenvalue weighted by molar-refractivity contribution is 5.91. The maximum atomic E-state index is 11.4. The van der Waals surface area contributed by atoms with Crippen LogP contribution < -0.4 is 5.32 Å². The molecule has 1 aromatic carbocycles. The second-order valence-electron chi connectivity index (χ2n) is 5.40. The van der Waals surface area contributed by atoms with Gasteiger partial charge in [0.2, 0.25) is 0 Å². The van der Waals surface area contributed by atoms with Crippen LogP contribution in [0.3, 0.4) is 0 Å². The van der Waals surface area contributed by atoms with Crippen LogP contribution in [0.2, 0.25) is 0 Å². The van der Waals surface area contributed by atoms with Crippen molar-refractivity contribution in [2.45, 2.75) is 44.8 Å². The molecule has 1 heterocycles. The molecule has 4 nitrogen and oxygen atoms in total. The minimum Gasteiger partial charge on any atom is -0.478 e. The van der Waals surface area contributed by atoms with Crippen molar-refractivity contribution in [2.24, 2.45) is 0 Å². The van der Waals surface area contributed by atoms with E-state index in [-0.39, 0.29) is 0 Å². The van der Waals surface area contributed by atoms with E-state index >= 15 is 0 Å². The van der Waals surface area contributed by atoms with Gasteiger partial charge in [-0.1, -0.05) is 19.1 Å². The first kappa shape index (κ1) is 15.6. The Morgan fingerprint density at radius 2 is 2.38 bits per heavy atom. The summed E-state index contributed by atoms with van der Waals surface area (Å²) in [5, 5.41) is 12.8. The lowest BCUT2D eigenvalue weighted by molar-refractivity contribution is 0.00924. The van der Waals surface area contributed by atoms with E-state index in [9.17, 15) is 9.90 Å². The van der Waals surface area contributed by atoms with E-state index in [1.54, 1.807) is 18.2 Å². The highest BCUT2D eigenvalue weighted by atomic mass is 16.5. The predicted molar refractivity (Wildman–Crippen MR) is 84.0 cm³/mol. The Labute approximate surface area is 125 Å². The van der Waals surface area contributed by atoms with Crippen LogP contribution in [0.15, 0.2) is 30.9 Å². The monoisotopic (exact) mass is 289 g/mol. The van der Waals surface area contributed by atoms with Crippen molar-refractivity contribution >= 4 is 11.7 Å². The minimum atomic E-state index is -0.895. The molecule has 114 valence electrons. The molecular weight excluding hydrogens is 266 g/mol. The molecule has 0 aliphatic carbocycles. The van der Waals surface area contributed by atoms with E-state index in [0.29, 0.717) is 24.1 Å². The predicted octanol–water partition coefficient (Wildman–Crippen LogP) is 3.48. The van der Waals surface area contributed by atoms with E-state index < -0.39 is 5.97 Å². The van der Waals surface area contributed by atoms with Gasteiger partial charge in [-0.05, 0) is 43.4 Å². The second kappa shape index (κ2) is 7.27. The summed E-state index contributed by atoms with van der Waals surface area (Å²) in [6.07, 6.45) is 5.49. The maximum absolute atomic E-state index is 11.4. The molecule has 1 aromatic rings. The van der Waals surface area contributed by atoms with Gasteiger partial charge in [-0.2, -0.15) is 0 Å². The summed E-state index contributed by atoms with van der Waals surface area (Å²) in [4.78, 5) is 11.4. The van der Waals surface area contributed by atoms with Crippen molar-refractivity contribution in [3.63, 3.8) is 0 Å². The minimum absolute atomic E-state index is 0.293. The van der Waals surface area contributed by atoms with Crippen molar-refractivity contribution in [3.05, 3.63) is 42.0 Å². The fourth-order valence-corrected chi connectivity index (χ4v) is 2.80. The van der Waals surface area contributed by atoms with Crippen LogP contribution >= 0.6 is 0 Å². The second-order valence-corrected chi connectivity index (χ2v) is 5.40. The Bertz CT molecular complexity index is 513. The summed E-state index contributed by atoms with van der Waals surface area (Å²) in [6, 6.07) is 5.71. The SMILES string of the molecule is C=CCc1c(NC2CCOC(CC)C2)cccc1C(=O)O. The van der Waals surface area contributed by atoms with E-state index in [1.165, 1.54) is 0 Å². The van der Waals surface area contributed by atoms with Gasteiger partial charge in [-0.3, -0.25) is 0 Å². The van der Waals surface area contributed by atoms with Gasteiger partial charge >= 0.3 is 5.97 Å². The van der Waals surface area contributed by atoms with Gasteiger partial charge in [0.05, 0.1) is 11.7 Å².